The van der Waals surface area contributed by atoms with E-state index in [4.69, 9.17) is 4.74 Å². The summed E-state index contributed by atoms with van der Waals surface area (Å²) in [7, 11) is 1.57. The molecule has 0 amide bonds. The van der Waals surface area contributed by atoms with Crippen LogP contribution in [0.2, 0.25) is 0 Å². The van der Waals surface area contributed by atoms with Crippen molar-refractivity contribution in [2.75, 3.05) is 26.8 Å². The van der Waals surface area contributed by atoms with Gasteiger partial charge in [-0.2, -0.15) is 0 Å². The number of hydrogen-bond donors (Lipinski definition) is 1. The normalized spacial score (nSPS) is 17.3. The van der Waals surface area contributed by atoms with Crippen LogP contribution in [-0.2, 0) is 16.1 Å². The minimum Gasteiger partial charge on any atom is -0.481 e. The van der Waals surface area contributed by atoms with Gasteiger partial charge < -0.3 is 9.84 Å². The third-order valence-corrected chi connectivity index (χ3v) is 5.06. The van der Waals surface area contributed by atoms with Crippen molar-refractivity contribution in [2.24, 2.45) is 5.41 Å². The van der Waals surface area contributed by atoms with Gasteiger partial charge in [0.1, 0.15) is 0 Å². The molecule has 0 radical (unpaired) electrons. The van der Waals surface area contributed by atoms with Gasteiger partial charge in [0.25, 0.3) is 0 Å². The van der Waals surface area contributed by atoms with Crippen LogP contribution >= 0.6 is 0 Å². The van der Waals surface area contributed by atoms with E-state index in [0.29, 0.717) is 12.8 Å². The van der Waals surface area contributed by atoms with Crippen molar-refractivity contribution in [3.8, 4) is 11.1 Å². The maximum absolute atomic E-state index is 11.6. The molecule has 1 N–H and O–H groups in total. The Morgan fingerprint density at radius 1 is 1.12 bits per heavy atom. The van der Waals surface area contributed by atoms with E-state index in [-0.39, 0.29) is 6.61 Å². The number of likely N-dealkylation sites (tertiary alicyclic amines) is 1. The summed E-state index contributed by atoms with van der Waals surface area (Å²) in [4.78, 5) is 18.0. The Labute approximate surface area is 148 Å². The van der Waals surface area contributed by atoms with Crippen LogP contribution in [0, 0.1) is 5.41 Å². The zero-order valence-corrected chi connectivity index (χ0v) is 14.5. The summed E-state index contributed by atoms with van der Waals surface area (Å²) < 4.78 is 5.15. The Morgan fingerprint density at radius 3 is 2.28 bits per heavy atom. The minimum atomic E-state index is -0.740. The minimum absolute atomic E-state index is 0.288. The lowest BCUT2D eigenvalue weighted by atomic mass is 9.79. The summed E-state index contributed by atoms with van der Waals surface area (Å²) in [5.41, 5.74) is 2.85. The third kappa shape index (κ3) is 4.06. The second kappa shape index (κ2) is 7.76. The third-order valence-electron chi connectivity index (χ3n) is 5.06. The van der Waals surface area contributed by atoms with Gasteiger partial charge >= 0.3 is 5.97 Å². The number of carboxylic acids is 1. The second-order valence-electron chi connectivity index (χ2n) is 6.73. The molecule has 0 unspecified atom stereocenters. The Morgan fingerprint density at radius 2 is 1.72 bits per heavy atom. The van der Waals surface area contributed by atoms with Crippen molar-refractivity contribution in [1.82, 2.24) is 9.88 Å². The van der Waals surface area contributed by atoms with Crippen molar-refractivity contribution >= 4 is 5.97 Å². The summed E-state index contributed by atoms with van der Waals surface area (Å²) in [5, 5.41) is 9.53. The molecule has 0 atom stereocenters. The van der Waals surface area contributed by atoms with Crippen LogP contribution in [0.1, 0.15) is 18.4 Å². The number of methoxy groups -OCH3 is 1. The van der Waals surface area contributed by atoms with Gasteiger partial charge in [-0.05, 0) is 54.8 Å². The van der Waals surface area contributed by atoms with Crippen LogP contribution in [0.5, 0.6) is 0 Å². The van der Waals surface area contributed by atoms with Gasteiger partial charge in [0.15, 0.2) is 0 Å². The number of pyridine rings is 1. The molecule has 0 aliphatic carbocycles. The molecule has 132 valence electrons. The monoisotopic (exact) mass is 340 g/mol. The van der Waals surface area contributed by atoms with Gasteiger partial charge in [0.05, 0.1) is 12.0 Å². The first-order chi connectivity index (χ1) is 12.1. The molecule has 1 aliphatic heterocycles. The largest absolute Gasteiger partial charge is 0.481 e. The molecule has 1 aliphatic rings. The highest BCUT2D eigenvalue weighted by atomic mass is 16.5. The molecular weight excluding hydrogens is 316 g/mol. The predicted octanol–water partition coefficient (Wildman–Crippen LogP) is 3.06. The first-order valence-corrected chi connectivity index (χ1v) is 8.57. The van der Waals surface area contributed by atoms with Gasteiger partial charge in [-0.3, -0.25) is 14.7 Å². The lowest BCUT2D eigenvalue weighted by Gasteiger charge is -2.38. The van der Waals surface area contributed by atoms with E-state index < -0.39 is 11.4 Å². The van der Waals surface area contributed by atoms with Gasteiger partial charge in [0, 0.05) is 26.0 Å². The number of carboxylic acid groups (broad SMARTS) is 1. The Balaban J connectivity index is 1.60. The van der Waals surface area contributed by atoms with Crippen LogP contribution in [0.4, 0.5) is 0 Å². The van der Waals surface area contributed by atoms with Crippen molar-refractivity contribution in [3.63, 3.8) is 0 Å². The molecule has 1 aromatic carbocycles. The first-order valence-electron chi connectivity index (χ1n) is 8.57. The Hall–Kier alpha value is -2.24. The van der Waals surface area contributed by atoms with Crippen LogP contribution < -0.4 is 0 Å². The highest BCUT2D eigenvalue weighted by Gasteiger charge is 2.41. The number of piperidine rings is 1. The van der Waals surface area contributed by atoms with Crippen molar-refractivity contribution in [3.05, 3.63) is 54.4 Å². The fraction of sp³-hybridized carbons (Fsp3) is 0.400. The number of ether oxygens (including phenoxy) is 1. The number of nitrogens with zero attached hydrogens (tertiary/aromatic N) is 2. The molecular formula is C20H24N2O3. The number of aliphatic carboxylic acids is 1. The highest BCUT2D eigenvalue weighted by Crippen LogP contribution is 2.33. The van der Waals surface area contributed by atoms with E-state index in [9.17, 15) is 9.90 Å². The van der Waals surface area contributed by atoms with Gasteiger partial charge in [0.2, 0.25) is 0 Å². The van der Waals surface area contributed by atoms with Gasteiger partial charge in [-0.15, -0.1) is 0 Å². The molecule has 5 heteroatoms. The second-order valence-corrected chi connectivity index (χ2v) is 6.73. The summed E-state index contributed by atoms with van der Waals surface area (Å²) >= 11 is 0. The first kappa shape index (κ1) is 17.6. The number of hydrogen-bond acceptors (Lipinski definition) is 4. The standard InChI is InChI=1S/C20H24N2O3/c1-25-15-20(19(23)24)8-12-22(13-9-20)14-16-2-4-17(5-3-16)18-6-10-21-11-7-18/h2-7,10-11H,8-9,12-15H2,1H3,(H,23,24). The summed E-state index contributed by atoms with van der Waals surface area (Å²) in [6.45, 7) is 2.69. The molecule has 25 heavy (non-hydrogen) atoms. The molecule has 0 spiro atoms. The van der Waals surface area contributed by atoms with E-state index in [1.807, 2.05) is 12.1 Å². The van der Waals surface area contributed by atoms with Crippen LogP contribution in [-0.4, -0.2) is 47.8 Å². The molecule has 1 aromatic heterocycles. The Kier molecular flexibility index (Phi) is 5.46. The lowest BCUT2D eigenvalue weighted by molar-refractivity contribution is -0.156. The summed E-state index contributed by atoms with van der Waals surface area (Å²) in [6.07, 6.45) is 4.86. The number of carbonyl (C=O) groups is 1. The predicted molar refractivity (Wildman–Crippen MR) is 96.1 cm³/mol. The molecule has 2 heterocycles. The maximum atomic E-state index is 11.6. The fourth-order valence-electron chi connectivity index (χ4n) is 3.44. The van der Waals surface area contributed by atoms with Crippen molar-refractivity contribution in [2.45, 2.75) is 19.4 Å². The molecule has 0 saturated carbocycles. The number of aromatic nitrogens is 1. The number of rotatable bonds is 6. The van der Waals surface area contributed by atoms with Crippen molar-refractivity contribution < 1.29 is 14.6 Å². The maximum Gasteiger partial charge on any atom is 0.312 e. The van der Waals surface area contributed by atoms with E-state index in [0.717, 1.165) is 25.2 Å². The van der Waals surface area contributed by atoms with Crippen LogP contribution in [0.3, 0.4) is 0 Å². The smallest absolute Gasteiger partial charge is 0.312 e. The lowest BCUT2D eigenvalue weighted by Crippen LogP contribution is -2.46. The quantitative estimate of drug-likeness (QED) is 0.876. The average molecular weight is 340 g/mol. The van der Waals surface area contributed by atoms with E-state index in [2.05, 4.69) is 34.1 Å². The number of benzene rings is 1. The van der Waals surface area contributed by atoms with Crippen LogP contribution in [0.15, 0.2) is 48.8 Å². The molecule has 3 rings (SSSR count). The van der Waals surface area contributed by atoms with Gasteiger partial charge in [-0.1, -0.05) is 24.3 Å². The molecule has 5 nitrogen and oxygen atoms in total. The van der Waals surface area contributed by atoms with Crippen LogP contribution in [0.25, 0.3) is 11.1 Å². The molecule has 2 aromatic rings. The summed E-state index contributed by atoms with van der Waals surface area (Å²) in [6, 6.07) is 12.5. The zero-order valence-electron chi connectivity index (χ0n) is 14.5. The highest BCUT2D eigenvalue weighted by molar-refractivity contribution is 5.75. The van der Waals surface area contributed by atoms with E-state index >= 15 is 0 Å². The molecule has 1 saturated heterocycles. The van der Waals surface area contributed by atoms with Crippen molar-refractivity contribution in [1.29, 1.82) is 0 Å². The SMILES string of the molecule is COCC1(C(=O)O)CCN(Cc2ccc(-c3ccncc3)cc2)CC1. The molecule has 0 bridgehead atoms. The van der Waals surface area contributed by atoms with E-state index in [1.165, 1.54) is 11.1 Å². The summed E-state index contributed by atoms with van der Waals surface area (Å²) in [5.74, 6) is -0.740. The van der Waals surface area contributed by atoms with E-state index in [1.54, 1.807) is 19.5 Å². The Bertz CT molecular complexity index is 693. The average Bonchev–Trinajstić information content (AvgIpc) is 2.65. The fourth-order valence-corrected chi connectivity index (χ4v) is 3.44. The zero-order chi connectivity index (χ0) is 17.7. The molecule has 1 fully saturated rings. The topological polar surface area (TPSA) is 62.7 Å². The van der Waals surface area contributed by atoms with Gasteiger partial charge in [-0.25, -0.2) is 0 Å².